The van der Waals surface area contributed by atoms with Gasteiger partial charge in [0.1, 0.15) is 0 Å². The van der Waals surface area contributed by atoms with Crippen LogP contribution in [0.15, 0.2) is 12.1 Å². The topological polar surface area (TPSA) is 17.1 Å². The van der Waals surface area contributed by atoms with Gasteiger partial charge in [0.05, 0.1) is 10.6 Å². The van der Waals surface area contributed by atoms with Gasteiger partial charge in [-0.05, 0) is 12.1 Å². The van der Waals surface area contributed by atoms with Crippen LogP contribution < -0.4 is 0 Å². The van der Waals surface area contributed by atoms with Crippen LogP contribution in [0.5, 0.6) is 0 Å². The van der Waals surface area contributed by atoms with Crippen LogP contribution >= 0.6 is 23.2 Å². The molecule has 1 aromatic rings. The molecule has 5 heteroatoms. The molecule has 0 fully saturated rings. The summed E-state index contributed by atoms with van der Waals surface area (Å²) in [5.41, 5.74) is -0.743. The molecular weight excluding hydrogens is 209 g/mol. The molecule has 12 heavy (non-hydrogen) atoms. The summed E-state index contributed by atoms with van der Waals surface area (Å²) in [5, 5.41) is -0.356. The molecule has 0 N–H and O–H groups in total. The Balaban J connectivity index is 3.37. The summed E-state index contributed by atoms with van der Waals surface area (Å²) < 4.78 is 24.8. The van der Waals surface area contributed by atoms with Crippen LogP contribution in [0.1, 0.15) is 10.4 Å². The molecule has 0 unspecified atom stereocenters. The quantitative estimate of drug-likeness (QED) is 0.514. The van der Waals surface area contributed by atoms with E-state index in [9.17, 15) is 13.6 Å². The van der Waals surface area contributed by atoms with Crippen molar-refractivity contribution in [2.24, 2.45) is 0 Å². The van der Waals surface area contributed by atoms with Crippen LogP contribution in [0.4, 0.5) is 8.78 Å². The summed E-state index contributed by atoms with van der Waals surface area (Å²) in [4.78, 5) is 10.1. The Labute approximate surface area is 76.9 Å². The SMILES string of the molecule is O=C(F)c1cc(Cl)cc(Cl)c1F. The summed E-state index contributed by atoms with van der Waals surface area (Å²) in [6, 6.07) is 0.0765. The fourth-order valence-electron chi connectivity index (χ4n) is 0.699. The molecule has 0 atom stereocenters. The zero-order valence-electron chi connectivity index (χ0n) is 5.57. The second-order valence-corrected chi connectivity index (χ2v) is 2.87. The molecule has 0 saturated heterocycles. The summed E-state index contributed by atoms with van der Waals surface area (Å²) in [7, 11) is 0. The summed E-state index contributed by atoms with van der Waals surface area (Å²) in [6.07, 6.45) is 0. The first-order valence-corrected chi connectivity index (χ1v) is 3.62. The lowest BCUT2D eigenvalue weighted by Gasteiger charge is -1.98. The zero-order valence-corrected chi connectivity index (χ0v) is 7.09. The summed E-state index contributed by atoms with van der Waals surface area (Å²) in [6.45, 7) is 0. The maximum atomic E-state index is 12.8. The highest BCUT2D eigenvalue weighted by Crippen LogP contribution is 2.24. The second-order valence-electron chi connectivity index (χ2n) is 2.02. The lowest BCUT2D eigenvalue weighted by Crippen LogP contribution is -1.95. The molecule has 0 bridgehead atoms. The van der Waals surface area contributed by atoms with Crippen molar-refractivity contribution in [3.8, 4) is 0 Å². The van der Waals surface area contributed by atoms with Gasteiger partial charge >= 0.3 is 6.04 Å². The first-order valence-electron chi connectivity index (χ1n) is 2.86. The molecule has 1 nitrogen and oxygen atoms in total. The van der Waals surface area contributed by atoms with Gasteiger partial charge in [-0.25, -0.2) is 4.39 Å². The molecule has 0 aromatic heterocycles. The van der Waals surface area contributed by atoms with Crippen molar-refractivity contribution in [2.75, 3.05) is 0 Å². The van der Waals surface area contributed by atoms with Crippen LogP contribution in [0.25, 0.3) is 0 Å². The highest BCUT2D eigenvalue weighted by molar-refractivity contribution is 6.35. The maximum Gasteiger partial charge on any atom is 0.335 e. The Morgan fingerprint density at radius 2 is 1.92 bits per heavy atom. The molecule has 0 aliphatic carbocycles. The first-order chi connectivity index (χ1) is 5.52. The third-order valence-electron chi connectivity index (χ3n) is 1.20. The van der Waals surface area contributed by atoms with E-state index in [0.29, 0.717) is 0 Å². The normalized spacial score (nSPS) is 10.0. The predicted octanol–water partition coefficient (Wildman–Crippen LogP) is 3.24. The van der Waals surface area contributed by atoms with Crippen molar-refractivity contribution in [3.63, 3.8) is 0 Å². The Hall–Kier alpha value is -0.670. The number of halogens is 4. The van der Waals surface area contributed by atoms with E-state index in [2.05, 4.69) is 0 Å². The fourth-order valence-corrected chi connectivity index (χ4v) is 1.19. The van der Waals surface area contributed by atoms with Gasteiger partial charge in [-0.15, -0.1) is 0 Å². The van der Waals surface area contributed by atoms with Gasteiger partial charge in [0.2, 0.25) is 0 Å². The molecule has 0 amide bonds. The molecule has 64 valence electrons. The average molecular weight is 211 g/mol. The number of carbonyl (C=O) groups is 1. The van der Waals surface area contributed by atoms with Crippen molar-refractivity contribution < 1.29 is 13.6 Å². The van der Waals surface area contributed by atoms with Gasteiger partial charge in [0, 0.05) is 5.02 Å². The molecule has 0 aliphatic heterocycles. The minimum Gasteiger partial charge on any atom is -0.255 e. The highest BCUT2D eigenvalue weighted by atomic mass is 35.5. The molecule has 1 rings (SSSR count). The summed E-state index contributed by atoms with van der Waals surface area (Å²) in [5.74, 6) is -1.09. The molecule has 0 aliphatic rings. The first kappa shape index (κ1) is 9.42. The van der Waals surface area contributed by atoms with Crippen molar-refractivity contribution in [1.82, 2.24) is 0 Å². The largest absolute Gasteiger partial charge is 0.335 e. The van der Waals surface area contributed by atoms with E-state index in [0.717, 1.165) is 12.1 Å². The van der Waals surface area contributed by atoms with E-state index in [-0.39, 0.29) is 10.0 Å². The third kappa shape index (κ3) is 1.73. The standard InChI is InChI=1S/C7H2Cl2F2O/c8-3-1-4(7(11)12)6(10)5(9)2-3/h1-2H. The average Bonchev–Trinajstić information content (AvgIpc) is 1.96. The maximum absolute atomic E-state index is 12.8. The second kappa shape index (κ2) is 3.37. The monoisotopic (exact) mass is 210 g/mol. The van der Waals surface area contributed by atoms with Crippen molar-refractivity contribution in [2.45, 2.75) is 0 Å². The van der Waals surface area contributed by atoms with Crippen molar-refractivity contribution in [3.05, 3.63) is 33.6 Å². The van der Waals surface area contributed by atoms with Crippen molar-refractivity contribution >= 4 is 29.2 Å². The van der Waals surface area contributed by atoms with E-state index in [1.807, 2.05) is 0 Å². The molecular formula is C7H2Cl2F2O. The number of hydrogen-bond donors (Lipinski definition) is 0. The summed E-state index contributed by atoms with van der Waals surface area (Å²) >= 11 is 10.7. The number of benzene rings is 1. The third-order valence-corrected chi connectivity index (χ3v) is 1.70. The van der Waals surface area contributed by atoms with Gasteiger partial charge in [-0.3, -0.25) is 4.79 Å². The van der Waals surface area contributed by atoms with Gasteiger partial charge in [0.15, 0.2) is 5.82 Å². The van der Waals surface area contributed by atoms with E-state index < -0.39 is 17.4 Å². The lowest BCUT2D eigenvalue weighted by molar-refractivity contribution is 0.0831. The Morgan fingerprint density at radius 1 is 1.33 bits per heavy atom. The van der Waals surface area contributed by atoms with Crippen LogP contribution in [0.3, 0.4) is 0 Å². The van der Waals surface area contributed by atoms with Crippen LogP contribution in [0, 0.1) is 5.82 Å². The van der Waals surface area contributed by atoms with E-state index >= 15 is 0 Å². The fraction of sp³-hybridized carbons (Fsp3) is 0. The van der Waals surface area contributed by atoms with Gasteiger partial charge in [0.25, 0.3) is 0 Å². The van der Waals surface area contributed by atoms with E-state index in [1.165, 1.54) is 0 Å². The van der Waals surface area contributed by atoms with E-state index in [4.69, 9.17) is 23.2 Å². The minimum atomic E-state index is -1.89. The molecule has 0 saturated carbocycles. The number of rotatable bonds is 1. The zero-order chi connectivity index (χ0) is 9.30. The van der Waals surface area contributed by atoms with Crippen LogP contribution in [-0.4, -0.2) is 6.04 Å². The Kier molecular flexibility index (Phi) is 2.65. The van der Waals surface area contributed by atoms with Gasteiger partial charge in [-0.2, -0.15) is 4.39 Å². The number of carbonyl (C=O) groups excluding carboxylic acids is 1. The lowest BCUT2D eigenvalue weighted by atomic mass is 10.2. The van der Waals surface area contributed by atoms with Gasteiger partial charge < -0.3 is 0 Å². The Bertz CT molecular complexity index is 338. The minimum absolute atomic E-state index is 0.0161. The molecule has 0 radical (unpaired) electrons. The predicted molar refractivity (Wildman–Crippen MR) is 41.9 cm³/mol. The number of hydrogen-bond acceptors (Lipinski definition) is 1. The highest BCUT2D eigenvalue weighted by Gasteiger charge is 2.14. The Morgan fingerprint density at radius 3 is 2.42 bits per heavy atom. The molecule has 1 aromatic carbocycles. The van der Waals surface area contributed by atoms with Crippen LogP contribution in [0.2, 0.25) is 10.0 Å². The molecule has 0 spiro atoms. The van der Waals surface area contributed by atoms with Gasteiger partial charge in [-0.1, -0.05) is 23.2 Å². The van der Waals surface area contributed by atoms with Crippen molar-refractivity contribution in [1.29, 1.82) is 0 Å². The van der Waals surface area contributed by atoms with Crippen LogP contribution in [-0.2, 0) is 0 Å². The smallest absolute Gasteiger partial charge is 0.255 e. The van der Waals surface area contributed by atoms with E-state index in [1.54, 1.807) is 0 Å². The molecule has 0 heterocycles.